The molecule has 0 aliphatic rings. The van der Waals surface area contributed by atoms with Crippen LogP contribution in [0.2, 0.25) is 0 Å². The first-order chi connectivity index (χ1) is 10.3. The van der Waals surface area contributed by atoms with Gasteiger partial charge in [0, 0.05) is 19.7 Å². The highest BCUT2D eigenvalue weighted by Crippen LogP contribution is 2.09. The lowest BCUT2D eigenvalue weighted by Gasteiger charge is -2.21. The molecule has 0 heterocycles. The lowest BCUT2D eigenvalue weighted by molar-refractivity contribution is 0.114. The Morgan fingerprint density at radius 2 is 1.33 bits per heavy atom. The smallest absolute Gasteiger partial charge is 0.0667 e. The molecule has 0 aliphatic carbocycles. The fraction of sp³-hybridized carbons (Fsp3) is 0.368. The van der Waals surface area contributed by atoms with Crippen LogP contribution in [0.5, 0.6) is 0 Å². The van der Waals surface area contributed by atoms with E-state index < -0.39 is 0 Å². The summed E-state index contributed by atoms with van der Waals surface area (Å²) in [4.78, 5) is 0. The molecule has 1 atom stereocenters. The van der Waals surface area contributed by atoms with E-state index in [0.29, 0.717) is 6.04 Å². The van der Waals surface area contributed by atoms with E-state index in [4.69, 9.17) is 4.74 Å². The summed E-state index contributed by atoms with van der Waals surface area (Å²) in [7, 11) is 1.76. The number of rotatable bonds is 8. The molecular formula is C19H25NO. The van der Waals surface area contributed by atoms with Gasteiger partial charge in [-0.2, -0.15) is 0 Å². The lowest BCUT2D eigenvalue weighted by atomic mass is 9.99. The molecule has 0 saturated carbocycles. The first kappa shape index (κ1) is 15.7. The van der Waals surface area contributed by atoms with Gasteiger partial charge in [-0.05, 0) is 30.9 Å². The molecule has 1 N–H and O–H groups in total. The summed E-state index contributed by atoms with van der Waals surface area (Å²) in [5, 5.41) is 3.64. The molecule has 1 unspecified atom stereocenters. The van der Waals surface area contributed by atoms with Crippen LogP contribution in [0, 0.1) is 0 Å². The second-order valence-electron chi connectivity index (χ2n) is 5.53. The van der Waals surface area contributed by atoms with E-state index in [1.807, 2.05) is 0 Å². The molecule has 0 bridgehead atoms. The molecule has 112 valence electrons. The number of ether oxygens (including phenoxy) is 1. The van der Waals surface area contributed by atoms with Crippen LogP contribution in [0.15, 0.2) is 60.7 Å². The number of hydrogen-bond donors (Lipinski definition) is 1. The third-order valence-corrected chi connectivity index (χ3v) is 3.75. The van der Waals surface area contributed by atoms with Crippen LogP contribution in [-0.2, 0) is 17.6 Å². The van der Waals surface area contributed by atoms with E-state index in [0.717, 1.165) is 19.4 Å². The SMILES string of the molecule is COC(C)CNC(Cc1ccccc1)Cc1ccccc1. The van der Waals surface area contributed by atoms with Crippen molar-refractivity contribution in [1.29, 1.82) is 0 Å². The Labute approximate surface area is 128 Å². The summed E-state index contributed by atoms with van der Waals surface area (Å²) in [5.41, 5.74) is 2.74. The van der Waals surface area contributed by atoms with Gasteiger partial charge in [-0.1, -0.05) is 60.7 Å². The van der Waals surface area contributed by atoms with E-state index in [2.05, 4.69) is 72.9 Å². The van der Waals surface area contributed by atoms with E-state index in [1.54, 1.807) is 7.11 Å². The second-order valence-corrected chi connectivity index (χ2v) is 5.53. The zero-order chi connectivity index (χ0) is 14.9. The maximum Gasteiger partial charge on any atom is 0.0667 e. The predicted molar refractivity (Wildman–Crippen MR) is 88.6 cm³/mol. The minimum absolute atomic E-state index is 0.235. The fourth-order valence-corrected chi connectivity index (χ4v) is 2.43. The van der Waals surface area contributed by atoms with Gasteiger partial charge in [-0.25, -0.2) is 0 Å². The quantitative estimate of drug-likeness (QED) is 0.801. The number of nitrogens with one attached hydrogen (secondary N) is 1. The predicted octanol–water partition coefficient (Wildman–Crippen LogP) is 3.46. The summed E-state index contributed by atoms with van der Waals surface area (Å²) in [6.45, 7) is 2.97. The summed E-state index contributed by atoms with van der Waals surface area (Å²) in [5.74, 6) is 0. The summed E-state index contributed by atoms with van der Waals surface area (Å²) in [6.07, 6.45) is 2.30. The van der Waals surface area contributed by atoms with Crippen molar-refractivity contribution in [2.45, 2.75) is 31.9 Å². The molecule has 2 heteroatoms. The van der Waals surface area contributed by atoms with E-state index in [1.165, 1.54) is 11.1 Å². The molecule has 0 spiro atoms. The Hall–Kier alpha value is -1.64. The van der Waals surface area contributed by atoms with Gasteiger partial charge in [0.15, 0.2) is 0 Å². The molecule has 2 rings (SSSR count). The van der Waals surface area contributed by atoms with Gasteiger partial charge in [-0.15, -0.1) is 0 Å². The Morgan fingerprint density at radius 1 is 0.857 bits per heavy atom. The van der Waals surface area contributed by atoms with Gasteiger partial charge in [-0.3, -0.25) is 0 Å². The second kappa shape index (κ2) is 8.60. The third kappa shape index (κ3) is 5.70. The van der Waals surface area contributed by atoms with Crippen molar-refractivity contribution in [2.75, 3.05) is 13.7 Å². The summed E-state index contributed by atoms with van der Waals surface area (Å²) < 4.78 is 5.34. The van der Waals surface area contributed by atoms with Gasteiger partial charge in [0.1, 0.15) is 0 Å². The third-order valence-electron chi connectivity index (χ3n) is 3.75. The van der Waals surface area contributed by atoms with Crippen molar-refractivity contribution in [3.8, 4) is 0 Å². The Bertz CT molecular complexity index is 456. The largest absolute Gasteiger partial charge is 0.380 e. The van der Waals surface area contributed by atoms with Crippen molar-refractivity contribution in [1.82, 2.24) is 5.32 Å². The number of methoxy groups -OCH3 is 1. The monoisotopic (exact) mass is 283 g/mol. The molecule has 0 saturated heterocycles. The van der Waals surface area contributed by atoms with Crippen LogP contribution in [-0.4, -0.2) is 25.8 Å². The molecule has 0 aliphatic heterocycles. The fourth-order valence-electron chi connectivity index (χ4n) is 2.43. The molecule has 2 nitrogen and oxygen atoms in total. The van der Waals surface area contributed by atoms with Gasteiger partial charge < -0.3 is 10.1 Å². The van der Waals surface area contributed by atoms with Gasteiger partial charge in [0.2, 0.25) is 0 Å². The molecule has 0 amide bonds. The van der Waals surface area contributed by atoms with Crippen molar-refractivity contribution in [2.24, 2.45) is 0 Å². The lowest BCUT2D eigenvalue weighted by Crippen LogP contribution is -2.38. The maximum atomic E-state index is 5.34. The maximum absolute atomic E-state index is 5.34. The summed E-state index contributed by atoms with van der Waals surface area (Å²) in [6, 6.07) is 21.7. The van der Waals surface area contributed by atoms with Crippen LogP contribution < -0.4 is 5.32 Å². The Morgan fingerprint density at radius 3 is 1.76 bits per heavy atom. The highest BCUT2D eigenvalue weighted by Gasteiger charge is 2.11. The minimum atomic E-state index is 0.235. The van der Waals surface area contributed by atoms with Crippen LogP contribution in [0.3, 0.4) is 0 Å². The Kier molecular flexibility index (Phi) is 6.45. The Balaban J connectivity index is 1.99. The van der Waals surface area contributed by atoms with Crippen LogP contribution in [0.1, 0.15) is 18.1 Å². The molecule has 21 heavy (non-hydrogen) atoms. The molecule has 0 aromatic heterocycles. The highest BCUT2D eigenvalue weighted by atomic mass is 16.5. The topological polar surface area (TPSA) is 21.3 Å². The highest BCUT2D eigenvalue weighted by molar-refractivity contribution is 5.19. The first-order valence-corrected chi connectivity index (χ1v) is 7.62. The normalized spacial score (nSPS) is 12.5. The van der Waals surface area contributed by atoms with Crippen molar-refractivity contribution >= 4 is 0 Å². The van der Waals surface area contributed by atoms with E-state index >= 15 is 0 Å². The van der Waals surface area contributed by atoms with E-state index in [9.17, 15) is 0 Å². The number of hydrogen-bond acceptors (Lipinski definition) is 2. The summed E-state index contributed by atoms with van der Waals surface area (Å²) >= 11 is 0. The zero-order valence-corrected chi connectivity index (χ0v) is 13.0. The average molecular weight is 283 g/mol. The molecular weight excluding hydrogens is 258 g/mol. The van der Waals surface area contributed by atoms with E-state index in [-0.39, 0.29) is 6.10 Å². The van der Waals surface area contributed by atoms with Crippen LogP contribution in [0.4, 0.5) is 0 Å². The standard InChI is InChI=1S/C19H25NO/c1-16(21-2)15-20-19(13-17-9-5-3-6-10-17)14-18-11-7-4-8-12-18/h3-12,16,19-20H,13-15H2,1-2H3. The molecule has 0 fully saturated rings. The molecule has 2 aromatic rings. The molecule has 2 aromatic carbocycles. The van der Waals surface area contributed by atoms with Crippen LogP contribution >= 0.6 is 0 Å². The van der Waals surface area contributed by atoms with Gasteiger partial charge in [0.25, 0.3) is 0 Å². The van der Waals surface area contributed by atoms with Crippen molar-refractivity contribution in [3.63, 3.8) is 0 Å². The number of benzene rings is 2. The van der Waals surface area contributed by atoms with Gasteiger partial charge in [0.05, 0.1) is 6.10 Å². The van der Waals surface area contributed by atoms with Crippen molar-refractivity contribution in [3.05, 3.63) is 71.8 Å². The zero-order valence-electron chi connectivity index (χ0n) is 13.0. The minimum Gasteiger partial charge on any atom is -0.380 e. The average Bonchev–Trinajstić information content (AvgIpc) is 2.54. The van der Waals surface area contributed by atoms with Crippen molar-refractivity contribution < 1.29 is 4.74 Å². The van der Waals surface area contributed by atoms with Crippen LogP contribution in [0.25, 0.3) is 0 Å². The first-order valence-electron chi connectivity index (χ1n) is 7.62. The van der Waals surface area contributed by atoms with Gasteiger partial charge >= 0.3 is 0 Å². The molecule has 0 radical (unpaired) electrons.